The first-order valence-corrected chi connectivity index (χ1v) is 5.36. The van der Waals surface area contributed by atoms with Crippen molar-refractivity contribution in [3.8, 4) is 0 Å². The lowest BCUT2D eigenvalue weighted by atomic mass is 10.1. The molecule has 0 aromatic carbocycles. The standard InChI is InChI=1S/C9H10BrN5O/c1-4-5(2-7(11)16)8(12)15-9(14-4)6(10)3-13-15/h3H,2,12H2,1H3,(H2,11,16). The van der Waals surface area contributed by atoms with Crippen molar-refractivity contribution in [3.05, 3.63) is 21.9 Å². The molecule has 0 saturated heterocycles. The average molecular weight is 284 g/mol. The van der Waals surface area contributed by atoms with Gasteiger partial charge in [-0.2, -0.15) is 9.61 Å². The van der Waals surface area contributed by atoms with Crippen LogP contribution in [0.2, 0.25) is 0 Å². The second kappa shape index (κ2) is 3.75. The molecule has 2 rings (SSSR count). The maximum Gasteiger partial charge on any atom is 0.222 e. The molecule has 1 amide bonds. The van der Waals surface area contributed by atoms with E-state index in [0.29, 0.717) is 22.7 Å². The normalized spacial score (nSPS) is 10.9. The molecular formula is C9H10BrN5O. The van der Waals surface area contributed by atoms with Gasteiger partial charge in [0.25, 0.3) is 0 Å². The summed E-state index contributed by atoms with van der Waals surface area (Å²) >= 11 is 3.32. The fourth-order valence-corrected chi connectivity index (χ4v) is 1.88. The van der Waals surface area contributed by atoms with Crippen molar-refractivity contribution >= 4 is 33.3 Å². The van der Waals surface area contributed by atoms with E-state index >= 15 is 0 Å². The number of rotatable bonds is 2. The molecule has 0 fully saturated rings. The number of nitrogens with zero attached hydrogens (tertiary/aromatic N) is 3. The maximum atomic E-state index is 10.9. The van der Waals surface area contributed by atoms with Gasteiger partial charge in [0.05, 0.1) is 17.1 Å². The van der Waals surface area contributed by atoms with Gasteiger partial charge in [0.15, 0.2) is 5.65 Å². The van der Waals surface area contributed by atoms with Crippen LogP contribution in [0.3, 0.4) is 0 Å². The summed E-state index contributed by atoms with van der Waals surface area (Å²) in [6, 6.07) is 0. The van der Waals surface area contributed by atoms with Gasteiger partial charge in [-0.3, -0.25) is 4.79 Å². The molecule has 2 heterocycles. The number of nitrogens with two attached hydrogens (primary N) is 2. The highest BCUT2D eigenvalue weighted by molar-refractivity contribution is 9.10. The summed E-state index contributed by atoms with van der Waals surface area (Å²) in [7, 11) is 0. The third-order valence-corrected chi connectivity index (χ3v) is 2.86. The highest BCUT2D eigenvalue weighted by atomic mass is 79.9. The number of carbonyl (C=O) groups is 1. The van der Waals surface area contributed by atoms with Crippen LogP contribution in [-0.4, -0.2) is 20.5 Å². The van der Waals surface area contributed by atoms with Crippen LogP contribution in [0.25, 0.3) is 5.65 Å². The van der Waals surface area contributed by atoms with E-state index in [1.54, 1.807) is 13.1 Å². The van der Waals surface area contributed by atoms with Gasteiger partial charge in [0.2, 0.25) is 5.91 Å². The minimum absolute atomic E-state index is 0.0675. The zero-order valence-corrected chi connectivity index (χ0v) is 10.2. The Kier molecular flexibility index (Phi) is 2.55. The van der Waals surface area contributed by atoms with Crippen LogP contribution >= 0.6 is 15.9 Å². The lowest BCUT2D eigenvalue weighted by Crippen LogP contribution is -2.18. The summed E-state index contributed by atoms with van der Waals surface area (Å²) in [4.78, 5) is 15.2. The van der Waals surface area contributed by atoms with Gasteiger partial charge in [-0.05, 0) is 22.9 Å². The Morgan fingerprint density at radius 2 is 2.31 bits per heavy atom. The van der Waals surface area contributed by atoms with Crippen molar-refractivity contribution in [1.82, 2.24) is 14.6 Å². The number of anilines is 1. The summed E-state index contributed by atoms with van der Waals surface area (Å²) in [5.41, 5.74) is 13.0. The van der Waals surface area contributed by atoms with Crippen LogP contribution in [0.5, 0.6) is 0 Å². The molecule has 0 unspecified atom stereocenters. The number of halogens is 1. The third kappa shape index (κ3) is 1.63. The molecule has 0 aliphatic rings. The van der Waals surface area contributed by atoms with Crippen LogP contribution in [0, 0.1) is 6.92 Å². The summed E-state index contributed by atoms with van der Waals surface area (Å²) in [6.45, 7) is 1.79. The third-order valence-electron chi connectivity index (χ3n) is 2.30. The van der Waals surface area contributed by atoms with Gasteiger partial charge in [-0.15, -0.1) is 0 Å². The van der Waals surface area contributed by atoms with Gasteiger partial charge >= 0.3 is 0 Å². The van der Waals surface area contributed by atoms with Crippen molar-refractivity contribution in [2.24, 2.45) is 5.73 Å². The second-order valence-corrected chi connectivity index (χ2v) is 4.29. The quantitative estimate of drug-likeness (QED) is 0.834. The Hall–Kier alpha value is -1.63. The molecule has 2 aromatic rings. The van der Waals surface area contributed by atoms with Gasteiger partial charge in [-0.1, -0.05) is 0 Å². The van der Waals surface area contributed by atoms with Crippen LogP contribution < -0.4 is 11.5 Å². The number of aryl methyl sites for hydroxylation is 1. The predicted octanol–water partition coefficient (Wildman–Crippen LogP) is 0.410. The largest absolute Gasteiger partial charge is 0.383 e. The van der Waals surface area contributed by atoms with E-state index < -0.39 is 5.91 Å². The molecule has 2 aromatic heterocycles. The Labute approximate surface area is 99.8 Å². The Balaban J connectivity index is 2.71. The number of primary amides is 1. The zero-order valence-electron chi connectivity index (χ0n) is 8.57. The molecule has 0 saturated carbocycles. The fraction of sp³-hybridized carbons (Fsp3) is 0.222. The van der Waals surface area contributed by atoms with Gasteiger partial charge in [-0.25, -0.2) is 4.98 Å². The molecule has 7 heteroatoms. The monoisotopic (exact) mass is 283 g/mol. The van der Waals surface area contributed by atoms with Crippen LogP contribution in [0.15, 0.2) is 10.7 Å². The summed E-state index contributed by atoms with van der Waals surface area (Å²) in [6.07, 6.45) is 1.67. The number of carbonyl (C=O) groups excluding carboxylic acids is 1. The Morgan fingerprint density at radius 1 is 1.62 bits per heavy atom. The van der Waals surface area contributed by atoms with E-state index in [1.165, 1.54) is 4.52 Å². The topological polar surface area (TPSA) is 99.3 Å². The van der Waals surface area contributed by atoms with Crippen molar-refractivity contribution in [2.75, 3.05) is 5.73 Å². The minimum atomic E-state index is -0.442. The lowest BCUT2D eigenvalue weighted by Gasteiger charge is -2.08. The summed E-state index contributed by atoms with van der Waals surface area (Å²) in [5, 5.41) is 4.06. The zero-order chi connectivity index (χ0) is 11.9. The van der Waals surface area contributed by atoms with E-state index in [4.69, 9.17) is 11.5 Å². The van der Waals surface area contributed by atoms with E-state index in [2.05, 4.69) is 26.0 Å². The Bertz CT molecular complexity index is 577. The van der Waals surface area contributed by atoms with Crippen molar-refractivity contribution in [3.63, 3.8) is 0 Å². The molecular weight excluding hydrogens is 274 g/mol. The van der Waals surface area contributed by atoms with E-state index in [9.17, 15) is 4.79 Å². The van der Waals surface area contributed by atoms with E-state index in [0.717, 1.165) is 4.47 Å². The smallest absolute Gasteiger partial charge is 0.222 e. The molecule has 0 atom stereocenters. The Morgan fingerprint density at radius 3 is 2.94 bits per heavy atom. The summed E-state index contributed by atoms with van der Waals surface area (Å²) < 4.78 is 2.24. The summed E-state index contributed by atoms with van der Waals surface area (Å²) in [5.74, 6) is -0.0471. The molecule has 0 radical (unpaired) electrons. The van der Waals surface area contributed by atoms with E-state index in [-0.39, 0.29) is 6.42 Å². The van der Waals surface area contributed by atoms with Crippen LogP contribution in [0.4, 0.5) is 5.82 Å². The fourth-order valence-electron chi connectivity index (χ4n) is 1.53. The number of amides is 1. The number of aromatic nitrogens is 3. The molecule has 84 valence electrons. The highest BCUT2D eigenvalue weighted by Gasteiger charge is 2.14. The first-order chi connectivity index (χ1) is 7.50. The second-order valence-electron chi connectivity index (χ2n) is 3.43. The number of nitrogen functional groups attached to an aromatic ring is 1. The molecule has 0 aliphatic heterocycles. The molecule has 0 aliphatic carbocycles. The van der Waals surface area contributed by atoms with Crippen LogP contribution in [-0.2, 0) is 11.2 Å². The predicted molar refractivity (Wildman–Crippen MR) is 62.7 cm³/mol. The van der Waals surface area contributed by atoms with Gasteiger partial charge in [0.1, 0.15) is 5.82 Å². The van der Waals surface area contributed by atoms with E-state index in [1.807, 2.05) is 0 Å². The molecule has 4 N–H and O–H groups in total. The van der Waals surface area contributed by atoms with Crippen molar-refractivity contribution in [2.45, 2.75) is 13.3 Å². The maximum absolute atomic E-state index is 10.9. The van der Waals surface area contributed by atoms with Crippen LogP contribution in [0.1, 0.15) is 11.3 Å². The SMILES string of the molecule is Cc1nc2c(Br)cnn2c(N)c1CC(N)=O. The van der Waals surface area contributed by atoms with Crippen molar-refractivity contribution < 1.29 is 4.79 Å². The minimum Gasteiger partial charge on any atom is -0.383 e. The average Bonchev–Trinajstić information content (AvgIpc) is 2.55. The molecule has 0 bridgehead atoms. The first kappa shape index (κ1) is 10.9. The van der Waals surface area contributed by atoms with Crippen molar-refractivity contribution in [1.29, 1.82) is 0 Å². The number of hydrogen-bond acceptors (Lipinski definition) is 4. The number of fused-ring (bicyclic) bond motifs is 1. The number of hydrogen-bond donors (Lipinski definition) is 2. The first-order valence-electron chi connectivity index (χ1n) is 4.57. The lowest BCUT2D eigenvalue weighted by molar-refractivity contribution is -0.117. The van der Waals surface area contributed by atoms with Gasteiger partial charge < -0.3 is 11.5 Å². The van der Waals surface area contributed by atoms with Gasteiger partial charge in [0, 0.05) is 11.3 Å². The molecule has 6 nitrogen and oxygen atoms in total. The highest BCUT2D eigenvalue weighted by Crippen LogP contribution is 2.22. The molecule has 16 heavy (non-hydrogen) atoms. The molecule has 0 spiro atoms.